The van der Waals surface area contributed by atoms with Crippen molar-refractivity contribution in [1.29, 1.82) is 0 Å². The molecule has 0 fully saturated rings. The largest absolute Gasteiger partial charge is 0.465 e. The van der Waals surface area contributed by atoms with E-state index >= 15 is 0 Å². The van der Waals surface area contributed by atoms with Crippen LogP contribution in [0, 0.1) is 5.92 Å². The van der Waals surface area contributed by atoms with Gasteiger partial charge in [-0.3, -0.25) is 4.79 Å². The summed E-state index contributed by atoms with van der Waals surface area (Å²) in [5.74, 6) is 0.250. The van der Waals surface area contributed by atoms with Crippen LogP contribution < -0.4 is 5.73 Å². The number of ether oxygens (including phenoxy) is 1. The lowest BCUT2D eigenvalue weighted by Gasteiger charge is -2.12. The average Bonchev–Trinajstić information content (AvgIpc) is 2.38. The molecule has 1 aromatic carbocycles. The normalized spacial score (nSPS) is 12.5. The molecule has 0 saturated heterocycles. The molecule has 0 radical (unpaired) electrons. The van der Waals surface area contributed by atoms with Gasteiger partial charge in [0.1, 0.15) is 0 Å². The highest BCUT2D eigenvalue weighted by molar-refractivity contribution is 5.77. The third-order valence-corrected chi connectivity index (χ3v) is 3.07. The van der Waals surface area contributed by atoms with Gasteiger partial charge in [-0.15, -0.1) is 0 Å². The molecule has 2 N–H and O–H groups in total. The summed E-state index contributed by atoms with van der Waals surface area (Å²) in [7, 11) is 0. The third kappa shape index (κ3) is 5.43. The van der Waals surface area contributed by atoms with E-state index in [1.165, 1.54) is 5.56 Å². The molecule has 0 amide bonds. The summed E-state index contributed by atoms with van der Waals surface area (Å²) in [5, 5.41) is 0. The molecule has 3 nitrogen and oxygen atoms in total. The molecular weight excluding hydrogens is 238 g/mol. The second kappa shape index (κ2) is 7.95. The summed E-state index contributed by atoms with van der Waals surface area (Å²) in [5.41, 5.74) is 7.68. The van der Waals surface area contributed by atoms with Crippen LogP contribution in [0.15, 0.2) is 24.3 Å². The zero-order valence-electron chi connectivity index (χ0n) is 12.2. The van der Waals surface area contributed by atoms with Crippen molar-refractivity contribution in [3.05, 3.63) is 35.4 Å². The maximum atomic E-state index is 11.8. The van der Waals surface area contributed by atoms with Gasteiger partial charge in [-0.25, -0.2) is 0 Å². The van der Waals surface area contributed by atoms with Crippen molar-refractivity contribution >= 4 is 5.97 Å². The van der Waals surface area contributed by atoms with E-state index in [-0.39, 0.29) is 11.9 Å². The van der Waals surface area contributed by atoms with Crippen molar-refractivity contribution in [1.82, 2.24) is 0 Å². The van der Waals surface area contributed by atoms with Crippen molar-refractivity contribution in [2.45, 2.75) is 39.5 Å². The highest BCUT2D eigenvalue weighted by Crippen LogP contribution is 2.18. The fraction of sp³-hybridized carbons (Fsp3) is 0.562. The maximum Gasteiger partial charge on any atom is 0.313 e. The Balaban J connectivity index is 2.56. The Morgan fingerprint density at radius 2 is 1.84 bits per heavy atom. The van der Waals surface area contributed by atoms with Crippen LogP contribution in [0.25, 0.3) is 0 Å². The Labute approximate surface area is 116 Å². The van der Waals surface area contributed by atoms with Crippen molar-refractivity contribution in [2.75, 3.05) is 13.2 Å². The van der Waals surface area contributed by atoms with Gasteiger partial charge in [0.05, 0.1) is 12.5 Å². The van der Waals surface area contributed by atoms with Crippen LogP contribution in [0.1, 0.15) is 44.2 Å². The van der Waals surface area contributed by atoms with Crippen LogP contribution >= 0.6 is 0 Å². The van der Waals surface area contributed by atoms with E-state index in [1.54, 1.807) is 0 Å². The van der Waals surface area contributed by atoms with Crippen LogP contribution in [-0.4, -0.2) is 19.1 Å². The number of carbonyl (C=O) groups is 1. The van der Waals surface area contributed by atoms with Crippen molar-refractivity contribution < 1.29 is 9.53 Å². The number of esters is 1. The Morgan fingerprint density at radius 1 is 1.21 bits per heavy atom. The Kier molecular flexibility index (Phi) is 6.57. The van der Waals surface area contributed by atoms with E-state index < -0.39 is 0 Å². The van der Waals surface area contributed by atoms with Gasteiger partial charge in [0, 0.05) is 0 Å². The highest BCUT2D eigenvalue weighted by atomic mass is 16.5. The molecule has 0 aliphatic rings. The van der Waals surface area contributed by atoms with Gasteiger partial charge in [0.15, 0.2) is 0 Å². The first-order valence-corrected chi connectivity index (χ1v) is 7.00. The summed E-state index contributed by atoms with van der Waals surface area (Å²) in [6.07, 6.45) is 1.78. The van der Waals surface area contributed by atoms with Crippen molar-refractivity contribution in [3.63, 3.8) is 0 Å². The molecule has 1 unspecified atom stereocenters. The molecule has 19 heavy (non-hydrogen) atoms. The van der Waals surface area contributed by atoms with E-state index in [1.807, 2.05) is 19.1 Å². The van der Waals surface area contributed by atoms with Gasteiger partial charge in [0.2, 0.25) is 0 Å². The predicted molar refractivity (Wildman–Crippen MR) is 78.0 cm³/mol. The maximum absolute atomic E-state index is 11.8. The van der Waals surface area contributed by atoms with Gasteiger partial charge in [-0.05, 0) is 43.4 Å². The van der Waals surface area contributed by atoms with Crippen LogP contribution in [0.2, 0.25) is 0 Å². The average molecular weight is 263 g/mol. The summed E-state index contributed by atoms with van der Waals surface area (Å²) in [6, 6.07) is 8.23. The van der Waals surface area contributed by atoms with Crippen LogP contribution in [0.5, 0.6) is 0 Å². The summed E-state index contributed by atoms with van der Waals surface area (Å²) in [6.45, 7) is 7.23. The SMILES string of the molecule is CC(C)Cc1ccc(C(C)C(=O)OCCCN)cc1. The predicted octanol–water partition coefficient (Wildman–Crippen LogP) is 2.88. The molecule has 0 aliphatic heterocycles. The number of hydrogen-bond acceptors (Lipinski definition) is 3. The van der Waals surface area contributed by atoms with Crippen LogP contribution in [0.4, 0.5) is 0 Å². The molecule has 1 aromatic rings. The van der Waals surface area contributed by atoms with Crippen LogP contribution in [0.3, 0.4) is 0 Å². The molecular formula is C16H25NO2. The van der Waals surface area contributed by atoms with E-state index in [0.717, 1.165) is 12.0 Å². The molecule has 0 spiro atoms. The molecule has 1 atom stereocenters. The standard InChI is InChI=1S/C16H25NO2/c1-12(2)11-14-5-7-15(8-6-14)13(3)16(18)19-10-4-9-17/h5-8,12-13H,4,9-11,17H2,1-3H3. The van der Waals surface area contributed by atoms with Gasteiger partial charge in [0.25, 0.3) is 0 Å². The molecule has 0 heterocycles. The molecule has 0 aliphatic carbocycles. The summed E-state index contributed by atoms with van der Waals surface area (Å²) >= 11 is 0. The fourth-order valence-electron chi connectivity index (χ4n) is 1.93. The Morgan fingerprint density at radius 3 is 2.37 bits per heavy atom. The minimum absolute atomic E-state index is 0.176. The number of carbonyl (C=O) groups excluding carboxylic acids is 1. The second-order valence-electron chi connectivity index (χ2n) is 5.37. The van der Waals surface area contributed by atoms with Crippen LogP contribution in [-0.2, 0) is 16.0 Å². The molecule has 1 rings (SSSR count). The molecule has 0 aromatic heterocycles. The number of benzene rings is 1. The number of nitrogens with two attached hydrogens (primary N) is 1. The van der Waals surface area contributed by atoms with E-state index in [0.29, 0.717) is 25.5 Å². The second-order valence-corrected chi connectivity index (χ2v) is 5.37. The lowest BCUT2D eigenvalue weighted by molar-refractivity contribution is -0.145. The minimum atomic E-state index is -0.217. The van der Waals surface area contributed by atoms with Crippen molar-refractivity contribution in [3.8, 4) is 0 Å². The topological polar surface area (TPSA) is 52.3 Å². The number of hydrogen-bond donors (Lipinski definition) is 1. The quantitative estimate of drug-likeness (QED) is 0.608. The first-order chi connectivity index (χ1) is 9.04. The van der Waals surface area contributed by atoms with Gasteiger partial charge in [-0.1, -0.05) is 38.1 Å². The summed E-state index contributed by atoms with van der Waals surface area (Å²) < 4.78 is 5.17. The zero-order chi connectivity index (χ0) is 14.3. The summed E-state index contributed by atoms with van der Waals surface area (Å²) in [4.78, 5) is 11.8. The first-order valence-electron chi connectivity index (χ1n) is 7.00. The fourth-order valence-corrected chi connectivity index (χ4v) is 1.93. The van der Waals surface area contributed by atoms with Gasteiger partial charge >= 0.3 is 5.97 Å². The first kappa shape index (κ1) is 15.7. The van der Waals surface area contributed by atoms with Gasteiger partial charge < -0.3 is 10.5 Å². The zero-order valence-corrected chi connectivity index (χ0v) is 12.2. The monoisotopic (exact) mass is 263 g/mol. The molecule has 3 heteroatoms. The molecule has 0 bridgehead atoms. The number of rotatable bonds is 7. The lowest BCUT2D eigenvalue weighted by atomic mass is 9.97. The molecule has 0 saturated carbocycles. The van der Waals surface area contributed by atoms with E-state index in [4.69, 9.17) is 10.5 Å². The highest BCUT2D eigenvalue weighted by Gasteiger charge is 2.16. The Hall–Kier alpha value is -1.35. The van der Waals surface area contributed by atoms with Crippen molar-refractivity contribution in [2.24, 2.45) is 11.7 Å². The van der Waals surface area contributed by atoms with E-state index in [2.05, 4.69) is 26.0 Å². The lowest BCUT2D eigenvalue weighted by Crippen LogP contribution is -2.15. The third-order valence-electron chi connectivity index (χ3n) is 3.07. The van der Waals surface area contributed by atoms with Gasteiger partial charge in [-0.2, -0.15) is 0 Å². The minimum Gasteiger partial charge on any atom is -0.465 e. The molecule has 106 valence electrons. The van der Waals surface area contributed by atoms with E-state index in [9.17, 15) is 4.79 Å². The Bertz CT molecular complexity index is 384. The smallest absolute Gasteiger partial charge is 0.313 e.